The Balaban J connectivity index is 2.02. The molecule has 0 saturated heterocycles. The Bertz CT molecular complexity index is 1160. The highest BCUT2D eigenvalue weighted by atomic mass is 31.2. The molecule has 0 spiro atoms. The van der Waals surface area contributed by atoms with Gasteiger partial charge in [0.1, 0.15) is 5.82 Å². The number of aliphatic hydroxyl groups is 1. The van der Waals surface area contributed by atoms with Crippen LogP contribution in [0.2, 0.25) is 0 Å². The molecule has 0 aliphatic rings. The van der Waals surface area contributed by atoms with Crippen LogP contribution in [0.25, 0.3) is 16.6 Å². The number of esters is 1. The number of methoxy groups -OCH3 is 1. The van der Waals surface area contributed by atoms with E-state index in [1.54, 1.807) is 12.1 Å². The second-order valence-corrected chi connectivity index (χ2v) is 11.2. The standard InChI is InChI=1S/C25H31FNO5P/c1-17(2)25-21-7-5-6-8-22(21)27(19-11-9-18(26)10-12-19)23(25)13-14-33(30,32-4)16-20(28)15-24(29)31-3/h5-12,17,20,28H,13-16H2,1-4H3/t20-,33?/m0/s1. The summed E-state index contributed by atoms with van der Waals surface area (Å²) < 4.78 is 39.1. The lowest BCUT2D eigenvalue weighted by Crippen LogP contribution is -2.20. The van der Waals surface area contributed by atoms with Crippen LogP contribution in [0.4, 0.5) is 4.39 Å². The molecule has 0 aliphatic heterocycles. The number of nitrogens with zero attached hydrogens (tertiary/aromatic N) is 1. The van der Waals surface area contributed by atoms with Crippen molar-refractivity contribution in [1.29, 1.82) is 0 Å². The van der Waals surface area contributed by atoms with Crippen molar-refractivity contribution in [2.45, 2.75) is 38.7 Å². The lowest BCUT2D eigenvalue weighted by molar-refractivity contribution is -0.142. The molecular weight excluding hydrogens is 444 g/mol. The van der Waals surface area contributed by atoms with Gasteiger partial charge in [0.25, 0.3) is 0 Å². The minimum absolute atomic E-state index is 0.133. The Morgan fingerprint density at radius 1 is 1.12 bits per heavy atom. The first-order chi connectivity index (χ1) is 15.7. The summed E-state index contributed by atoms with van der Waals surface area (Å²) in [6.07, 6.45) is -0.867. The van der Waals surface area contributed by atoms with E-state index in [0.29, 0.717) is 6.42 Å². The zero-order valence-electron chi connectivity index (χ0n) is 19.5. The SMILES string of the molecule is COC(=O)C[C@H](O)CP(=O)(CCc1c(C(C)C)c2ccccc2n1-c1ccc(F)cc1)OC. The predicted octanol–water partition coefficient (Wildman–Crippen LogP) is 5.28. The van der Waals surface area contributed by atoms with E-state index < -0.39 is 19.4 Å². The Hall–Kier alpha value is -2.47. The van der Waals surface area contributed by atoms with Gasteiger partial charge in [0, 0.05) is 30.0 Å². The molecule has 3 rings (SSSR count). The minimum Gasteiger partial charge on any atom is -0.469 e. The van der Waals surface area contributed by atoms with E-state index in [1.807, 2.05) is 18.2 Å². The van der Waals surface area contributed by atoms with Crippen molar-refractivity contribution in [2.24, 2.45) is 0 Å². The van der Waals surface area contributed by atoms with E-state index in [0.717, 1.165) is 27.8 Å². The van der Waals surface area contributed by atoms with Gasteiger partial charge >= 0.3 is 5.97 Å². The maximum atomic E-state index is 13.6. The molecule has 3 aromatic rings. The van der Waals surface area contributed by atoms with Gasteiger partial charge in [-0.15, -0.1) is 0 Å². The molecule has 1 unspecified atom stereocenters. The van der Waals surface area contributed by atoms with Crippen LogP contribution in [0.3, 0.4) is 0 Å². The molecule has 0 bridgehead atoms. The van der Waals surface area contributed by atoms with Gasteiger partial charge in [0.15, 0.2) is 0 Å². The van der Waals surface area contributed by atoms with Crippen LogP contribution < -0.4 is 0 Å². The zero-order chi connectivity index (χ0) is 24.2. The number of carbonyl (C=O) groups excluding carboxylic acids is 1. The van der Waals surface area contributed by atoms with E-state index in [1.165, 1.54) is 26.4 Å². The van der Waals surface area contributed by atoms with E-state index in [9.17, 15) is 18.9 Å². The van der Waals surface area contributed by atoms with E-state index in [2.05, 4.69) is 29.2 Å². The summed E-state index contributed by atoms with van der Waals surface area (Å²) in [4.78, 5) is 11.5. The van der Waals surface area contributed by atoms with Crippen LogP contribution >= 0.6 is 7.37 Å². The Morgan fingerprint density at radius 2 is 1.79 bits per heavy atom. The molecule has 1 heterocycles. The molecule has 0 saturated carbocycles. The fraction of sp³-hybridized carbons (Fsp3) is 0.400. The van der Waals surface area contributed by atoms with Crippen LogP contribution in [0.5, 0.6) is 0 Å². The number of para-hydroxylation sites is 1. The maximum absolute atomic E-state index is 13.6. The summed E-state index contributed by atoms with van der Waals surface area (Å²) >= 11 is 0. The lowest BCUT2D eigenvalue weighted by Gasteiger charge is -2.21. The summed E-state index contributed by atoms with van der Waals surface area (Å²) in [6, 6.07) is 14.3. The van der Waals surface area contributed by atoms with Crippen molar-refractivity contribution in [1.82, 2.24) is 4.57 Å². The van der Waals surface area contributed by atoms with Gasteiger partial charge < -0.3 is 18.9 Å². The number of fused-ring (bicyclic) bond motifs is 1. The third kappa shape index (κ3) is 5.72. The van der Waals surface area contributed by atoms with Crippen LogP contribution in [0.1, 0.15) is 37.4 Å². The number of benzene rings is 2. The molecule has 178 valence electrons. The number of hydrogen-bond donors (Lipinski definition) is 1. The maximum Gasteiger partial charge on any atom is 0.308 e. The van der Waals surface area contributed by atoms with Crippen molar-refractivity contribution in [3.05, 3.63) is 65.6 Å². The third-order valence-corrected chi connectivity index (χ3v) is 8.37. The summed E-state index contributed by atoms with van der Waals surface area (Å²) in [5.41, 5.74) is 3.90. The highest BCUT2D eigenvalue weighted by Crippen LogP contribution is 2.48. The Kier molecular flexibility index (Phi) is 8.11. The second-order valence-electron chi connectivity index (χ2n) is 8.43. The predicted molar refractivity (Wildman–Crippen MR) is 128 cm³/mol. The second kappa shape index (κ2) is 10.6. The molecule has 2 atom stereocenters. The molecule has 0 amide bonds. The number of halogens is 1. The van der Waals surface area contributed by atoms with Gasteiger partial charge in [-0.3, -0.25) is 9.36 Å². The molecule has 1 aromatic heterocycles. The van der Waals surface area contributed by atoms with Crippen LogP contribution in [-0.2, 0) is 25.0 Å². The number of ether oxygens (including phenoxy) is 1. The number of rotatable bonds is 10. The molecule has 2 aromatic carbocycles. The highest BCUT2D eigenvalue weighted by Gasteiger charge is 2.29. The molecule has 0 aliphatic carbocycles. The molecule has 0 radical (unpaired) electrons. The normalized spacial score (nSPS) is 14.4. The van der Waals surface area contributed by atoms with Crippen LogP contribution in [0, 0.1) is 5.82 Å². The van der Waals surface area contributed by atoms with Gasteiger partial charge in [-0.05, 0) is 48.2 Å². The summed E-state index contributed by atoms with van der Waals surface area (Å²) in [6.45, 7) is 4.21. The fourth-order valence-electron chi connectivity index (χ4n) is 4.29. The summed E-state index contributed by atoms with van der Waals surface area (Å²) in [7, 11) is -0.624. The van der Waals surface area contributed by atoms with E-state index >= 15 is 0 Å². The van der Waals surface area contributed by atoms with Gasteiger partial charge in [-0.25, -0.2) is 4.39 Å². The topological polar surface area (TPSA) is 77.8 Å². The van der Waals surface area contributed by atoms with Gasteiger partial charge in [0.05, 0.1) is 31.3 Å². The first kappa shape index (κ1) is 25.2. The number of carbonyl (C=O) groups is 1. The highest BCUT2D eigenvalue weighted by molar-refractivity contribution is 7.59. The minimum atomic E-state index is -3.23. The van der Waals surface area contributed by atoms with Crippen molar-refractivity contribution in [3.8, 4) is 5.69 Å². The van der Waals surface area contributed by atoms with E-state index in [4.69, 9.17) is 4.52 Å². The zero-order valence-corrected chi connectivity index (χ0v) is 20.3. The fourth-order valence-corrected chi connectivity index (χ4v) is 6.13. The smallest absolute Gasteiger partial charge is 0.308 e. The molecule has 1 N–H and O–H groups in total. The molecule has 33 heavy (non-hydrogen) atoms. The van der Waals surface area contributed by atoms with Crippen molar-refractivity contribution in [2.75, 3.05) is 26.5 Å². The van der Waals surface area contributed by atoms with Crippen molar-refractivity contribution < 1.29 is 28.1 Å². The number of aromatic nitrogens is 1. The van der Waals surface area contributed by atoms with Crippen molar-refractivity contribution in [3.63, 3.8) is 0 Å². The average Bonchev–Trinajstić information content (AvgIpc) is 3.12. The third-order valence-electron chi connectivity index (χ3n) is 5.82. The first-order valence-corrected chi connectivity index (χ1v) is 13.0. The Morgan fingerprint density at radius 3 is 2.39 bits per heavy atom. The quantitative estimate of drug-likeness (QED) is 0.319. The molecule has 8 heteroatoms. The van der Waals surface area contributed by atoms with Gasteiger partial charge in [0.2, 0.25) is 7.37 Å². The van der Waals surface area contributed by atoms with E-state index in [-0.39, 0.29) is 30.5 Å². The number of hydrogen-bond acceptors (Lipinski definition) is 5. The monoisotopic (exact) mass is 475 g/mol. The summed E-state index contributed by atoms with van der Waals surface area (Å²) in [5, 5.41) is 11.3. The van der Waals surface area contributed by atoms with Crippen molar-refractivity contribution >= 4 is 24.2 Å². The average molecular weight is 475 g/mol. The van der Waals surface area contributed by atoms with Gasteiger partial charge in [-0.2, -0.15) is 0 Å². The Labute approximate surface area is 193 Å². The molecular formula is C25H31FNO5P. The molecule has 6 nitrogen and oxygen atoms in total. The first-order valence-electron chi connectivity index (χ1n) is 11.0. The molecule has 0 fully saturated rings. The largest absolute Gasteiger partial charge is 0.469 e. The van der Waals surface area contributed by atoms with Crippen LogP contribution in [-0.4, -0.2) is 48.3 Å². The van der Waals surface area contributed by atoms with Crippen LogP contribution in [0.15, 0.2) is 48.5 Å². The number of aliphatic hydroxyl groups excluding tert-OH is 1. The van der Waals surface area contributed by atoms with Gasteiger partial charge in [-0.1, -0.05) is 32.0 Å². The summed E-state index contributed by atoms with van der Waals surface area (Å²) in [5.74, 6) is -0.688. The lowest BCUT2D eigenvalue weighted by atomic mass is 9.98.